The number of aryl methyl sites for hydroxylation is 1. The van der Waals surface area contributed by atoms with E-state index in [9.17, 15) is 0 Å². The van der Waals surface area contributed by atoms with E-state index in [1.54, 1.807) is 3.59 Å². The van der Waals surface area contributed by atoms with Gasteiger partial charge in [0.1, 0.15) is 0 Å². The number of unbranched alkanes of at least 4 members (excludes halogenated alkanes) is 3. The zero-order chi connectivity index (χ0) is 17.1. The van der Waals surface area contributed by atoms with Gasteiger partial charge in [0.15, 0.2) is 0 Å². The van der Waals surface area contributed by atoms with Crippen molar-refractivity contribution in [2.24, 2.45) is 0 Å². The Morgan fingerprint density at radius 2 is 1.26 bits per heavy atom. The van der Waals surface area contributed by atoms with Crippen LogP contribution in [-0.2, 0) is 6.42 Å². The standard InChI is InChI=1S/C10H11.3C4H9.Sn/c1-3-4-10-7-5-9(2)6-8-10;3*1-3-4-2;/h5-8H,1,4H2,2H3;3*1,3-4H2,2H3;. The van der Waals surface area contributed by atoms with E-state index in [2.05, 4.69) is 52.0 Å². The molecule has 0 spiro atoms. The van der Waals surface area contributed by atoms with Crippen LogP contribution in [0.5, 0.6) is 0 Å². The number of hydrogen-bond acceptors (Lipinski definition) is 0. The molecule has 0 aliphatic rings. The molecule has 0 fully saturated rings. The summed E-state index contributed by atoms with van der Waals surface area (Å²) in [7, 11) is 0. The van der Waals surface area contributed by atoms with Crippen LogP contribution in [0.2, 0.25) is 13.3 Å². The third-order valence-electron chi connectivity index (χ3n) is 5.31. The molecule has 1 aromatic carbocycles. The first kappa shape index (κ1) is 20.8. The second-order valence-corrected chi connectivity index (χ2v) is 21.0. The third-order valence-corrected chi connectivity index (χ3v) is 21.3. The van der Waals surface area contributed by atoms with Gasteiger partial charge in [-0.25, -0.2) is 0 Å². The van der Waals surface area contributed by atoms with E-state index in [4.69, 9.17) is 6.58 Å². The van der Waals surface area contributed by atoms with Crippen molar-refractivity contribution in [1.29, 1.82) is 0 Å². The van der Waals surface area contributed by atoms with Crippen molar-refractivity contribution in [3.8, 4) is 0 Å². The van der Waals surface area contributed by atoms with E-state index >= 15 is 0 Å². The molecule has 0 heterocycles. The topological polar surface area (TPSA) is 0 Å². The van der Waals surface area contributed by atoms with E-state index in [1.165, 1.54) is 63.0 Å². The van der Waals surface area contributed by atoms with Crippen molar-refractivity contribution < 1.29 is 0 Å². The first-order chi connectivity index (χ1) is 11.1. The molecule has 0 saturated heterocycles. The van der Waals surface area contributed by atoms with E-state index in [0.717, 1.165) is 6.42 Å². The molecule has 1 aromatic rings. The molecule has 1 rings (SSSR count). The van der Waals surface area contributed by atoms with Gasteiger partial charge >= 0.3 is 150 Å². The monoisotopic (exact) mass is 422 g/mol. The van der Waals surface area contributed by atoms with Gasteiger partial charge in [-0.05, 0) is 0 Å². The Bertz CT molecular complexity index is 422. The van der Waals surface area contributed by atoms with Crippen molar-refractivity contribution in [1.82, 2.24) is 0 Å². The van der Waals surface area contributed by atoms with Gasteiger partial charge in [-0.1, -0.05) is 0 Å². The van der Waals surface area contributed by atoms with Crippen molar-refractivity contribution in [2.75, 3.05) is 0 Å². The molecule has 0 saturated carbocycles. The molecule has 1 heteroatoms. The summed E-state index contributed by atoms with van der Waals surface area (Å²) in [5.74, 6) is 0. The van der Waals surface area contributed by atoms with Gasteiger partial charge in [0.05, 0.1) is 0 Å². The van der Waals surface area contributed by atoms with Crippen molar-refractivity contribution in [3.63, 3.8) is 0 Å². The molecule has 0 aromatic heterocycles. The predicted molar refractivity (Wildman–Crippen MR) is 109 cm³/mol. The molecule has 130 valence electrons. The molecular weight excluding hydrogens is 383 g/mol. The van der Waals surface area contributed by atoms with Crippen LogP contribution in [0.1, 0.15) is 70.4 Å². The zero-order valence-electron chi connectivity index (χ0n) is 16.1. The predicted octanol–water partition coefficient (Wildman–Crippen LogP) is 7.48. The van der Waals surface area contributed by atoms with Gasteiger partial charge in [0.2, 0.25) is 0 Å². The Hall–Kier alpha value is -0.241. The van der Waals surface area contributed by atoms with Crippen LogP contribution in [-0.4, -0.2) is 18.4 Å². The Labute approximate surface area is 149 Å². The summed E-state index contributed by atoms with van der Waals surface area (Å²) in [5.41, 5.74) is 2.84. The molecule has 0 nitrogen and oxygen atoms in total. The van der Waals surface area contributed by atoms with E-state index < -0.39 is 18.4 Å². The molecule has 0 aliphatic carbocycles. The van der Waals surface area contributed by atoms with Gasteiger partial charge in [-0.3, -0.25) is 0 Å². The fourth-order valence-electron chi connectivity index (χ4n) is 3.59. The average molecular weight is 421 g/mol. The second kappa shape index (κ2) is 11.3. The first-order valence-corrected chi connectivity index (χ1v) is 17.3. The van der Waals surface area contributed by atoms with Crippen LogP contribution in [0.4, 0.5) is 0 Å². The number of allylic oxidation sites excluding steroid dienone is 1. The van der Waals surface area contributed by atoms with E-state index in [0.29, 0.717) is 0 Å². The Kier molecular flexibility index (Phi) is 10.3. The molecule has 0 aliphatic heterocycles. The van der Waals surface area contributed by atoms with Crippen LogP contribution in [0.25, 0.3) is 0 Å². The molecule has 0 radical (unpaired) electrons. The molecule has 0 unspecified atom stereocenters. The summed E-state index contributed by atoms with van der Waals surface area (Å²) in [6.07, 6.45) is 9.45. The molecular formula is C22H38Sn. The minimum atomic E-state index is -2.23. The summed E-state index contributed by atoms with van der Waals surface area (Å²) in [6.45, 7) is 13.9. The molecule has 23 heavy (non-hydrogen) atoms. The maximum absolute atomic E-state index is 4.70. The fourth-order valence-corrected chi connectivity index (χ4v) is 19.2. The minimum absolute atomic E-state index is 1.15. The average Bonchev–Trinajstić information content (AvgIpc) is 2.56. The Morgan fingerprint density at radius 3 is 1.65 bits per heavy atom. The molecule has 0 N–H and O–H groups in total. The number of benzene rings is 1. The number of rotatable bonds is 12. The second-order valence-electron chi connectivity index (χ2n) is 7.36. The summed E-state index contributed by atoms with van der Waals surface area (Å²) >= 11 is -2.23. The third kappa shape index (κ3) is 7.03. The van der Waals surface area contributed by atoms with E-state index in [-0.39, 0.29) is 0 Å². The van der Waals surface area contributed by atoms with Crippen LogP contribution in [0.3, 0.4) is 0 Å². The maximum atomic E-state index is 4.70. The summed E-state index contributed by atoms with van der Waals surface area (Å²) in [6, 6.07) is 9.14. The Morgan fingerprint density at radius 1 is 0.826 bits per heavy atom. The van der Waals surface area contributed by atoms with Crippen LogP contribution in [0, 0.1) is 6.92 Å². The van der Waals surface area contributed by atoms with Crippen molar-refractivity contribution in [3.05, 3.63) is 45.6 Å². The van der Waals surface area contributed by atoms with Crippen molar-refractivity contribution in [2.45, 2.75) is 86.0 Å². The SMILES string of the molecule is C=[C](Cc1ccc(C)cc1)[Sn]([CH2]CCC)([CH2]CCC)[CH2]CCC. The summed E-state index contributed by atoms with van der Waals surface area (Å²) in [5, 5.41) is 0. The fraction of sp³-hybridized carbons (Fsp3) is 0.636. The van der Waals surface area contributed by atoms with Crippen LogP contribution < -0.4 is 0 Å². The molecule has 0 amide bonds. The van der Waals surface area contributed by atoms with Crippen LogP contribution >= 0.6 is 0 Å². The summed E-state index contributed by atoms with van der Waals surface area (Å²) in [4.78, 5) is 0. The van der Waals surface area contributed by atoms with Gasteiger partial charge in [-0.2, -0.15) is 0 Å². The zero-order valence-corrected chi connectivity index (χ0v) is 18.9. The summed E-state index contributed by atoms with van der Waals surface area (Å²) < 4.78 is 6.31. The number of hydrogen-bond donors (Lipinski definition) is 0. The van der Waals surface area contributed by atoms with Gasteiger partial charge in [-0.15, -0.1) is 0 Å². The van der Waals surface area contributed by atoms with Crippen LogP contribution in [0.15, 0.2) is 34.4 Å². The quantitative estimate of drug-likeness (QED) is 0.307. The van der Waals surface area contributed by atoms with E-state index in [1.807, 2.05) is 0 Å². The van der Waals surface area contributed by atoms with Gasteiger partial charge in [0.25, 0.3) is 0 Å². The molecule has 0 bridgehead atoms. The van der Waals surface area contributed by atoms with Gasteiger partial charge in [0, 0.05) is 0 Å². The molecule has 0 atom stereocenters. The normalized spacial score (nSPS) is 11.7. The Balaban J connectivity index is 2.92. The van der Waals surface area contributed by atoms with Gasteiger partial charge < -0.3 is 0 Å². The first-order valence-electron chi connectivity index (χ1n) is 9.81. The van der Waals surface area contributed by atoms with Crippen molar-refractivity contribution >= 4 is 18.4 Å².